The molecule has 1 aliphatic heterocycles. The number of ether oxygens (including phenoxy) is 3. The largest absolute Gasteiger partial charge is 0.454 e. The number of esters is 1. The molecule has 11 heteroatoms. The number of carbonyl (C=O) groups excluding carboxylic acids is 3. The van der Waals surface area contributed by atoms with Crippen LogP contribution in [-0.4, -0.2) is 62.0 Å². The molecule has 174 valence electrons. The molecule has 0 atom stereocenters. The van der Waals surface area contributed by atoms with Crippen LogP contribution in [0.3, 0.4) is 0 Å². The molecule has 1 N–H and O–H groups in total. The number of oxime groups is 1. The van der Waals surface area contributed by atoms with Crippen LogP contribution in [0.1, 0.15) is 12.5 Å². The first-order valence-electron chi connectivity index (χ1n) is 9.84. The van der Waals surface area contributed by atoms with Gasteiger partial charge in [-0.25, -0.2) is 4.79 Å². The average Bonchev–Trinajstić information content (AvgIpc) is 3.26. The van der Waals surface area contributed by atoms with Crippen molar-refractivity contribution in [1.82, 2.24) is 4.90 Å². The molecule has 0 fully saturated rings. The van der Waals surface area contributed by atoms with E-state index in [-0.39, 0.29) is 13.3 Å². The first-order chi connectivity index (χ1) is 15.8. The second-order valence-electron chi connectivity index (χ2n) is 6.96. The van der Waals surface area contributed by atoms with Crippen molar-refractivity contribution in [3.05, 3.63) is 53.1 Å². The van der Waals surface area contributed by atoms with E-state index >= 15 is 0 Å². The van der Waals surface area contributed by atoms with Gasteiger partial charge in [-0.15, -0.1) is 0 Å². The Morgan fingerprint density at radius 2 is 1.88 bits per heavy atom. The van der Waals surface area contributed by atoms with E-state index < -0.39 is 31.0 Å². The molecule has 1 heterocycles. The maximum Gasteiger partial charge on any atom is 0.347 e. The van der Waals surface area contributed by atoms with Gasteiger partial charge in [0, 0.05) is 12.6 Å². The highest BCUT2D eigenvalue weighted by atomic mass is 35.5. The zero-order chi connectivity index (χ0) is 23.8. The van der Waals surface area contributed by atoms with E-state index in [4.69, 9.17) is 30.6 Å². The van der Waals surface area contributed by atoms with Crippen molar-refractivity contribution in [2.75, 3.05) is 38.9 Å². The van der Waals surface area contributed by atoms with Gasteiger partial charge in [-0.1, -0.05) is 28.9 Å². The van der Waals surface area contributed by atoms with E-state index in [0.29, 0.717) is 27.9 Å². The summed E-state index contributed by atoms with van der Waals surface area (Å²) >= 11 is 5.99. The highest BCUT2D eigenvalue weighted by Crippen LogP contribution is 2.32. The number of amides is 2. The molecular formula is C22H22ClN3O7. The van der Waals surface area contributed by atoms with Gasteiger partial charge in [-0.3, -0.25) is 9.59 Å². The van der Waals surface area contributed by atoms with Crippen LogP contribution in [-0.2, 0) is 24.0 Å². The lowest BCUT2D eigenvalue weighted by Crippen LogP contribution is -2.37. The Kier molecular flexibility index (Phi) is 8.09. The number of para-hydroxylation sites is 1. The van der Waals surface area contributed by atoms with Gasteiger partial charge < -0.3 is 29.3 Å². The van der Waals surface area contributed by atoms with E-state index in [0.717, 1.165) is 10.5 Å². The summed E-state index contributed by atoms with van der Waals surface area (Å²) in [5.74, 6) is -0.532. The van der Waals surface area contributed by atoms with Crippen LogP contribution >= 0.6 is 11.6 Å². The minimum Gasteiger partial charge on any atom is -0.454 e. The molecule has 2 amide bonds. The first-order valence-corrected chi connectivity index (χ1v) is 10.2. The third-order valence-electron chi connectivity index (χ3n) is 4.49. The van der Waals surface area contributed by atoms with Gasteiger partial charge in [-0.05, 0) is 37.3 Å². The quantitative estimate of drug-likeness (QED) is 0.336. The van der Waals surface area contributed by atoms with Crippen LogP contribution in [0, 0.1) is 0 Å². The third-order valence-corrected chi connectivity index (χ3v) is 4.81. The number of nitrogens with zero attached hydrogens (tertiary/aromatic N) is 2. The number of nitrogens with one attached hydrogen (secondary N) is 1. The second-order valence-corrected chi connectivity index (χ2v) is 7.36. The predicted octanol–water partition coefficient (Wildman–Crippen LogP) is 2.45. The third kappa shape index (κ3) is 6.84. The van der Waals surface area contributed by atoms with Crippen LogP contribution in [0.15, 0.2) is 47.6 Å². The lowest BCUT2D eigenvalue weighted by atomic mass is 10.1. The van der Waals surface area contributed by atoms with E-state index in [2.05, 4.69) is 10.5 Å². The summed E-state index contributed by atoms with van der Waals surface area (Å²) in [6.07, 6.45) is 0. The van der Waals surface area contributed by atoms with Crippen LogP contribution in [0.4, 0.5) is 5.69 Å². The predicted molar refractivity (Wildman–Crippen MR) is 119 cm³/mol. The molecule has 0 aliphatic carbocycles. The normalized spacial score (nSPS) is 12.2. The molecule has 0 aromatic heterocycles. The van der Waals surface area contributed by atoms with E-state index in [1.165, 1.54) is 7.05 Å². The Hall–Kier alpha value is -3.79. The number of fused-ring (bicyclic) bond motifs is 1. The highest BCUT2D eigenvalue weighted by molar-refractivity contribution is 6.33. The molecule has 0 bridgehead atoms. The highest BCUT2D eigenvalue weighted by Gasteiger charge is 2.17. The van der Waals surface area contributed by atoms with E-state index in [1.807, 2.05) is 0 Å². The fourth-order valence-corrected chi connectivity index (χ4v) is 2.89. The number of hydrogen-bond acceptors (Lipinski definition) is 8. The number of carbonyl (C=O) groups is 3. The summed E-state index contributed by atoms with van der Waals surface area (Å²) in [4.78, 5) is 42.2. The van der Waals surface area contributed by atoms with Gasteiger partial charge in [0.15, 0.2) is 18.1 Å². The van der Waals surface area contributed by atoms with Gasteiger partial charge in [-0.2, -0.15) is 0 Å². The zero-order valence-electron chi connectivity index (χ0n) is 18.0. The van der Waals surface area contributed by atoms with Crippen molar-refractivity contribution >= 4 is 40.8 Å². The van der Waals surface area contributed by atoms with Gasteiger partial charge in [0.1, 0.15) is 0 Å². The molecule has 10 nitrogen and oxygen atoms in total. The number of hydrogen-bond donors (Lipinski definition) is 1. The summed E-state index contributed by atoms with van der Waals surface area (Å²) in [7, 11) is 1.41. The number of anilines is 1. The monoisotopic (exact) mass is 475 g/mol. The molecule has 3 rings (SSSR count). The number of benzene rings is 2. The molecular weight excluding hydrogens is 454 g/mol. The van der Waals surface area contributed by atoms with Crippen LogP contribution in [0.25, 0.3) is 0 Å². The molecule has 2 aromatic rings. The van der Waals surface area contributed by atoms with Gasteiger partial charge in [0.05, 0.1) is 23.0 Å². The Labute approximate surface area is 195 Å². The molecule has 2 aromatic carbocycles. The summed E-state index contributed by atoms with van der Waals surface area (Å²) in [5, 5.41) is 6.85. The Morgan fingerprint density at radius 3 is 2.67 bits per heavy atom. The van der Waals surface area contributed by atoms with Gasteiger partial charge in [0.25, 0.3) is 5.91 Å². The smallest absolute Gasteiger partial charge is 0.347 e. The Bertz CT molecular complexity index is 1070. The number of rotatable bonds is 9. The molecule has 0 spiro atoms. The molecule has 33 heavy (non-hydrogen) atoms. The van der Waals surface area contributed by atoms with Gasteiger partial charge >= 0.3 is 5.97 Å². The maximum absolute atomic E-state index is 12.1. The van der Waals surface area contributed by atoms with Crippen molar-refractivity contribution in [3.63, 3.8) is 0 Å². The van der Waals surface area contributed by atoms with Crippen molar-refractivity contribution in [1.29, 1.82) is 0 Å². The summed E-state index contributed by atoms with van der Waals surface area (Å²) in [6.45, 7) is 0.609. The van der Waals surface area contributed by atoms with Crippen LogP contribution in [0.2, 0.25) is 5.02 Å². The van der Waals surface area contributed by atoms with Crippen molar-refractivity contribution in [2.24, 2.45) is 5.16 Å². The molecule has 0 radical (unpaired) electrons. The summed E-state index contributed by atoms with van der Waals surface area (Å²) < 4.78 is 15.4. The van der Waals surface area contributed by atoms with Crippen LogP contribution < -0.4 is 14.8 Å². The van der Waals surface area contributed by atoms with Crippen molar-refractivity contribution < 1.29 is 33.4 Å². The topological polar surface area (TPSA) is 116 Å². The minimum atomic E-state index is -0.778. The fraction of sp³-hybridized carbons (Fsp3) is 0.273. The molecule has 1 aliphatic rings. The first kappa shape index (κ1) is 23.9. The summed E-state index contributed by atoms with van der Waals surface area (Å²) in [6, 6.07) is 12.0. The number of halogens is 1. The Morgan fingerprint density at radius 1 is 1.12 bits per heavy atom. The van der Waals surface area contributed by atoms with E-state index in [1.54, 1.807) is 49.4 Å². The molecule has 0 saturated carbocycles. The van der Waals surface area contributed by atoms with Crippen molar-refractivity contribution in [3.8, 4) is 11.5 Å². The Balaban J connectivity index is 1.38. The van der Waals surface area contributed by atoms with Gasteiger partial charge in [0.2, 0.25) is 19.3 Å². The lowest BCUT2D eigenvalue weighted by Gasteiger charge is -2.17. The zero-order valence-corrected chi connectivity index (χ0v) is 18.8. The second kappa shape index (κ2) is 11.2. The summed E-state index contributed by atoms with van der Waals surface area (Å²) in [5.41, 5.74) is 1.69. The van der Waals surface area contributed by atoms with Crippen molar-refractivity contribution in [2.45, 2.75) is 6.92 Å². The maximum atomic E-state index is 12.1. The molecule has 0 unspecified atom stereocenters. The van der Waals surface area contributed by atoms with E-state index in [9.17, 15) is 14.4 Å². The molecule has 0 saturated heterocycles. The SMILES string of the molecule is C/C(=N\OCC(=O)OCC(=O)N(C)CC(=O)Nc1ccccc1Cl)c1ccc2c(c1)OCO2. The van der Waals surface area contributed by atoms with Crippen LogP contribution in [0.5, 0.6) is 11.5 Å². The number of likely N-dealkylation sites (N-methyl/N-ethyl adjacent to an activating group) is 1. The minimum absolute atomic E-state index is 0.164. The average molecular weight is 476 g/mol. The fourth-order valence-electron chi connectivity index (χ4n) is 2.71. The lowest BCUT2D eigenvalue weighted by molar-refractivity contribution is -0.155. The standard InChI is InChI=1S/C22H22ClN3O7/c1-14(15-7-8-18-19(9-15)32-13-31-18)25-33-12-22(29)30-11-21(28)26(2)10-20(27)24-17-6-4-3-5-16(17)23/h3-9H,10-13H2,1-2H3,(H,24,27)/b25-14+.